The first-order chi connectivity index (χ1) is 12.2. The molecule has 7 heteroatoms. The maximum atomic E-state index is 12.1. The van der Waals surface area contributed by atoms with E-state index in [1.54, 1.807) is 7.11 Å². The van der Waals surface area contributed by atoms with E-state index in [1.807, 2.05) is 37.6 Å². The van der Waals surface area contributed by atoms with E-state index in [0.717, 1.165) is 25.2 Å². The van der Waals surface area contributed by atoms with Crippen LogP contribution >= 0.6 is 0 Å². The summed E-state index contributed by atoms with van der Waals surface area (Å²) in [5.41, 5.74) is 2.34. The van der Waals surface area contributed by atoms with Crippen molar-refractivity contribution in [3.8, 4) is 11.5 Å². The SMILES string of the molecule is COc1ccccc1OCCNC(=O)CN1CCc2c(ncn2C)C1. The Morgan fingerprint density at radius 1 is 1.32 bits per heavy atom. The zero-order valence-electron chi connectivity index (χ0n) is 14.7. The Kier molecular flexibility index (Phi) is 5.55. The number of para-hydroxylation sites is 2. The van der Waals surface area contributed by atoms with Gasteiger partial charge in [-0.1, -0.05) is 12.1 Å². The van der Waals surface area contributed by atoms with Crippen LogP contribution in [0.15, 0.2) is 30.6 Å². The molecule has 2 heterocycles. The molecule has 0 fully saturated rings. The summed E-state index contributed by atoms with van der Waals surface area (Å²) < 4.78 is 12.9. The number of carbonyl (C=O) groups excluding carboxylic acids is 1. The molecule has 0 aliphatic carbocycles. The van der Waals surface area contributed by atoms with Crippen LogP contribution in [0, 0.1) is 0 Å². The van der Waals surface area contributed by atoms with Crippen molar-refractivity contribution in [3.05, 3.63) is 42.0 Å². The van der Waals surface area contributed by atoms with Gasteiger partial charge in [0.15, 0.2) is 11.5 Å². The minimum absolute atomic E-state index is 0.00278. The van der Waals surface area contributed by atoms with Gasteiger partial charge < -0.3 is 19.4 Å². The third-order valence-electron chi connectivity index (χ3n) is 4.30. The lowest BCUT2D eigenvalue weighted by Gasteiger charge is -2.25. The molecular formula is C18H24N4O3. The molecule has 0 atom stereocenters. The first-order valence-electron chi connectivity index (χ1n) is 8.41. The van der Waals surface area contributed by atoms with Crippen molar-refractivity contribution in [2.24, 2.45) is 7.05 Å². The van der Waals surface area contributed by atoms with E-state index >= 15 is 0 Å². The van der Waals surface area contributed by atoms with Gasteiger partial charge in [-0.3, -0.25) is 9.69 Å². The van der Waals surface area contributed by atoms with E-state index in [-0.39, 0.29) is 5.91 Å². The third-order valence-corrected chi connectivity index (χ3v) is 4.30. The predicted octanol–water partition coefficient (Wildman–Crippen LogP) is 0.982. The number of amides is 1. The first kappa shape index (κ1) is 17.3. The highest BCUT2D eigenvalue weighted by Gasteiger charge is 2.21. The molecule has 1 N–H and O–H groups in total. The Hall–Kier alpha value is -2.54. The summed E-state index contributed by atoms with van der Waals surface area (Å²) in [5.74, 6) is 1.37. The Bertz CT molecular complexity index is 729. The van der Waals surface area contributed by atoms with Crippen LogP contribution in [0.5, 0.6) is 11.5 Å². The maximum absolute atomic E-state index is 12.1. The zero-order chi connectivity index (χ0) is 17.6. The molecule has 0 radical (unpaired) electrons. The number of methoxy groups -OCH3 is 1. The number of benzene rings is 1. The summed E-state index contributed by atoms with van der Waals surface area (Å²) in [6, 6.07) is 7.47. The Morgan fingerprint density at radius 2 is 2.12 bits per heavy atom. The molecule has 1 aliphatic rings. The van der Waals surface area contributed by atoms with Crippen LogP contribution in [0.4, 0.5) is 0 Å². The number of hydrogen-bond donors (Lipinski definition) is 1. The average molecular weight is 344 g/mol. The number of nitrogens with one attached hydrogen (secondary N) is 1. The van der Waals surface area contributed by atoms with Gasteiger partial charge in [0.1, 0.15) is 6.61 Å². The van der Waals surface area contributed by atoms with Crippen molar-refractivity contribution in [3.63, 3.8) is 0 Å². The topological polar surface area (TPSA) is 68.6 Å². The van der Waals surface area contributed by atoms with Gasteiger partial charge >= 0.3 is 0 Å². The molecule has 1 aliphatic heterocycles. The minimum Gasteiger partial charge on any atom is -0.493 e. The van der Waals surface area contributed by atoms with Gasteiger partial charge in [0.25, 0.3) is 0 Å². The van der Waals surface area contributed by atoms with Gasteiger partial charge in [-0.25, -0.2) is 4.98 Å². The molecular weight excluding hydrogens is 320 g/mol. The van der Waals surface area contributed by atoms with Crippen molar-refractivity contribution < 1.29 is 14.3 Å². The van der Waals surface area contributed by atoms with E-state index in [9.17, 15) is 4.79 Å². The predicted molar refractivity (Wildman–Crippen MR) is 93.7 cm³/mol. The summed E-state index contributed by atoms with van der Waals surface area (Å²) in [4.78, 5) is 18.6. The molecule has 134 valence electrons. The smallest absolute Gasteiger partial charge is 0.234 e. The van der Waals surface area contributed by atoms with E-state index in [2.05, 4.69) is 19.8 Å². The van der Waals surface area contributed by atoms with Crippen molar-refractivity contribution in [1.82, 2.24) is 19.8 Å². The standard InChI is InChI=1S/C18H24N4O3/c1-21-13-20-14-11-22(9-7-15(14)21)12-18(23)19-8-10-25-17-6-4-3-5-16(17)24-2/h3-6,13H,7-12H2,1-2H3,(H,19,23). The number of aryl methyl sites for hydroxylation is 1. The van der Waals surface area contributed by atoms with Crippen LogP contribution in [0.3, 0.4) is 0 Å². The lowest BCUT2D eigenvalue weighted by Crippen LogP contribution is -2.41. The molecule has 1 aromatic carbocycles. The number of aromatic nitrogens is 2. The van der Waals surface area contributed by atoms with Crippen molar-refractivity contribution in [2.75, 3.05) is 33.4 Å². The number of nitrogens with zero attached hydrogens (tertiary/aromatic N) is 3. The third kappa shape index (κ3) is 4.30. The lowest BCUT2D eigenvalue weighted by molar-refractivity contribution is -0.122. The summed E-state index contributed by atoms with van der Waals surface area (Å²) in [5, 5.41) is 2.89. The highest BCUT2D eigenvalue weighted by atomic mass is 16.5. The number of fused-ring (bicyclic) bond motifs is 1. The fourth-order valence-electron chi connectivity index (χ4n) is 3.00. The molecule has 7 nitrogen and oxygen atoms in total. The number of carbonyl (C=O) groups is 1. The molecule has 0 spiro atoms. The number of imidazole rings is 1. The molecule has 25 heavy (non-hydrogen) atoms. The van der Waals surface area contributed by atoms with E-state index in [0.29, 0.717) is 31.2 Å². The molecule has 0 saturated carbocycles. The summed E-state index contributed by atoms with van der Waals surface area (Å²) in [6.07, 6.45) is 2.76. The number of hydrogen-bond acceptors (Lipinski definition) is 5. The summed E-state index contributed by atoms with van der Waals surface area (Å²) >= 11 is 0. The molecule has 2 aromatic rings. The zero-order valence-corrected chi connectivity index (χ0v) is 14.7. The second kappa shape index (κ2) is 8.02. The quantitative estimate of drug-likeness (QED) is 0.759. The van der Waals surface area contributed by atoms with Gasteiger partial charge in [-0.05, 0) is 12.1 Å². The second-order valence-electron chi connectivity index (χ2n) is 6.06. The van der Waals surface area contributed by atoms with Gasteiger partial charge in [0.05, 0.1) is 32.2 Å². The molecule has 0 saturated heterocycles. The molecule has 3 rings (SSSR count). The van der Waals surface area contributed by atoms with Crippen molar-refractivity contribution in [2.45, 2.75) is 13.0 Å². The van der Waals surface area contributed by atoms with Crippen LogP contribution in [0.1, 0.15) is 11.4 Å². The summed E-state index contributed by atoms with van der Waals surface area (Å²) in [6.45, 7) is 2.83. The van der Waals surface area contributed by atoms with Gasteiger partial charge in [0.2, 0.25) is 5.91 Å². The van der Waals surface area contributed by atoms with Crippen LogP contribution in [-0.2, 0) is 24.8 Å². The normalized spacial score (nSPS) is 14.0. The lowest BCUT2D eigenvalue weighted by atomic mass is 10.1. The maximum Gasteiger partial charge on any atom is 0.234 e. The van der Waals surface area contributed by atoms with Crippen LogP contribution in [-0.4, -0.2) is 53.7 Å². The van der Waals surface area contributed by atoms with Crippen LogP contribution in [0.25, 0.3) is 0 Å². The van der Waals surface area contributed by atoms with Crippen molar-refractivity contribution >= 4 is 5.91 Å². The number of rotatable bonds is 7. The Morgan fingerprint density at radius 3 is 2.92 bits per heavy atom. The Labute approximate surface area is 147 Å². The van der Waals surface area contributed by atoms with E-state index in [1.165, 1.54) is 5.69 Å². The van der Waals surface area contributed by atoms with Crippen molar-refractivity contribution in [1.29, 1.82) is 0 Å². The largest absolute Gasteiger partial charge is 0.493 e. The molecule has 0 unspecified atom stereocenters. The average Bonchev–Trinajstić information content (AvgIpc) is 2.99. The highest BCUT2D eigenvalue weighted by Crippen LogP contribution is 2.25. The monoisotopic (exact) mass is 344 g/mol. The molecule has 0 bridgehead atoms. The molecule has 1 amide bonds. The highest BCUT2D eigenvalue weighted by molar-refractivity contribution is 5.78. The number of ether oxygens (including phenoxy) is 2. The fourth-order valence-corrected chi connectivity index (χ4v) is 3.00. The van der Waals surface area contributed by atoms with E-state index < -0.39 is 0 Å². The minimum atomic E-state index is 0.00278. The molecule has 1 aromatic heterocycles. The summed E-state index contributed by atoms with van der Waals surface area (Å²) in [7, 11) is 3.62. The van der Waals surface area contributed by atoms with Crippen LogP contribution < -0.4 is 14.8 Å². The van der Waals surface area contributed by atoms with E-state index in [4.69, 9.17) is 9.47 Å². The second-order valence-corrected chi connectivity index (χ2v) is 6.06. The van der Waals surface area contributed by atoms with Gasteiger partial charge in [0, 0.05) is 32.3 Å². The van der Waals surface area contributed by atoms with Gasteiger partial charge in [-0.2, -0.15) is 0 Å². The Balaban J connectivity index is 1.39. The van der Waals surface area contributed by atoms with Crippen LogP contribution in [0.2, 0.25) is 0 Å². The first-order valence-corrected chi connectivity index (χ1v) is 8.41. The van der Waals surface area contributed by atoms with Gasteiger partial charge in [-0.15, -0.1) is 0 Å². The fraction of sp³-hybridized carbons (Fsp3) is 0.444.